The summed E-state index contributed by atoms with van der Waals surface area (Å²) in [5.74, 6) is -0.161. The lowest BCUT2D eigenvalue weighted by Crippen LogP contribution is -2.64. The molecule has 0 aromatic heterocycles. The highest BCUT2D eigenvalue weighted by Crippen LogP contribution is 2.35. The summed E-state index contributed by atoms with van der Waals surface area (Å²) in [6.45, 7) is 6.02. The van der Waals surface area contributed by atoms with E-state index in [0.29, 0.717) is 22.7 Å². The van der Waals surface area contributed by atoms with Gasteiger partial charge in [-0.05, 0) is 79.7 Å². The van der Waals surface area contributed by atoms with Crippen LogP contribution in [-0.2, 0) is 22.6 Å². The number of alkyl halides is 3. The first-order valence-corrected chi connectivity index (χ1v) is 14.7. The molecule has 11 heteroatoms. The predicted molar refractivity (Wildman–Crippen MR) is 141 cm³/mol. The molecule has 0 spiro atoms. The quantitative estimate of drug-likeness (QED) is 0.447. The molecular weight excluding hydrogens is 546 g/mol. The summed E-state index contributed by atoms with van der Waals surface area (Å²) < 4.78 is 69.6. The molecule has 2 aliphatic rings. The van der Waals surface area contributed by atoms with E-state index < -0.39 is 27.8 Å². The number of hydrogen-bond donors (Lipinski definition) is 1. The largest absolute Gasteiger partial charge is 0.416 e. The van der Waals surface area contributed by atoms with E-state index in [2.05, 4.69) is 10.2 Å². The molecular formula is C26H32Cl2F3N3O2S. The van der Waals surface area contributed by atoms with Gasteiger partial charge in [0.15, 0.2) is 0 Å². The Kier molecular flexibility index (Phi) is 8.83. The van der Waals surface area contributed by atoms with Crippen LogP contribution in [0.3, 0.4) is 0 Å². The van der Waals surface area contributed by atoms with Gasteiger partial charge in [-0.25, -0.2) is 8.42 Å². The van der Waals surface area contributed by atoms with Gasteiger partial charge in [-0.2, -0.15) is 17.5 Å². The first-order valence-electron chi connectivity index (χ1n) is 12.5. The Hall–Kier alpha value is -1.36. The van der Waals surface area contributed by atoms with Crippen LogP contribution in [0.25, 0.3) is 0 Å². The topological polar surface area (TPSA) is 52.6 Å². The van der Waals surface area contributed by atoms with Crippen molar-refractivity contribution in [2.75, 3.05) is 26.2 Å². The Morgan fingerprint density at radius 2 is 1.76 bits per heavy atom. The van der Waals surface area contributed by atoms with E-state index in [4.69, 9.17) is 23.2 Å². The van der Waals surface area contributed by atoms with Crippen LogP contribution in [0.1, 0.15) is 55.7 Å². The van der Waals surface area contributed by atoms with Crippen LogP contribution in [0, 0.1) is 0 Å². The fourth-order valence-corrected chi connectivity index (χ4v) is 7.64. The van der Waals surface area contributed by atoms with Gasteiger partial charge in [-0.1, -0.05) is 49.5 Å². The number of rotatable bonds is 6. The molecule has 1 N–H and O–H groups in total. The molecule has 0 bridgehead atoms. The molecule has 2 aromatic carbocycles. The van der Waals surface area contributed by atoms with Gasteiger partial charge < -0.3 is 0 Å². The molecule has 0 saturated carbocycles. The number of halogens is 5. The van der Waals surface area contributed by atoms with Gasteiger partial charge in [0.25, 0.3) is 0 Å². The van der Waals surface area contributed by atoms with E-state index in [1.165, 1.54) is 34.6 Å². The van der Waals surface area contributed by atoms with Gasteiger partial charge in [0.05, 0.1) is 16.8 Å². The summed E-state index contributed by atoms with van der Waals surface area (Å²) in [4.78, 5) is 2.24. The average Bonchev–Trinajstić information content (AvgIpc) is 2.84. The Balaban J connectivity index is 1.70. The number of hydrogen-bond acceptors (Lipinski definition) is 4. The van der Waals surface area contributed by atoms with Crippen molar-refractivity contribution in [3.8, 4) is 0 Å². The minimum absolute atomic E-state index is 0.0284. The summed E-state index contributed by atoms with van der Waals surface area (Å²) in [6, 6.07) is 7.53. The van der Waals surface area contributed by atoms with E-state index >= 15 is 0 Å². The maximum absolute atomic E-state index is 14.0. The Morgan fingerprint density at radius 1 is 1.05 bits per heavy atom. The van der Waals surface area contributed by atoms with Gasteiger partial charge in [0.2, 0.25) is 10.0 Å². The minimum Gasteiger partial charge on any atom is -0.299 e. The number of nitrogens with one attached hydrogen (secondary N) is 1. The van der Waals surface area contributed by atoms with Crippen LogP contribution < -0.4 is 5.32 Å². The lowest BCUT2D eigenvalue weighted by atomic mass is 9.90. The maximum Gasteiger partial charge on any atom is 0.416 e. The van der Waals surface area contributed by atoms with Crippen molar-refractivity contribution >= 4 is 33.2 Å². The van der Waals surface area contributed by atoms with Crippen LogP contribution in [0.15, 0.2) is 41.3 Å². The van der Waals surface area contributed by atoms with Crippen molar-refractivity contribution in [2.45, 2.75) is 68.7 Å². The Labute approximate surface area is 227 Å². The van der Waals surface area contributed by atoms with Crippen LogP contribution in [0.4, 0.5) is 13.2 Å². The third-order valence-corrected chi connectivity index (χ3v) is 9.85. The van der Waals surface area contributed by atoms with Gasteiger partial charge >= 0.3 is 6.18 Å². The van der Waals surface area contributed by atoms with E-state index in [0.717, 1.165) is 38.4 Å². The molecule has 37 heavy (non-hydrogen) atoms. The van der Waals surface area contributed by atoms with Crippen molar-refractivity contribution in [2.24, 2.45) is 0 Å². The predicted octanol–water partition coefficient (Wildman–Crippen LogP) is 6.15. The van der Waals surface area contributed by atoms with Crippen molar-refractivity contribution in [1.82, 2.24) is 14.5 Å². The third kappa shape index (κ3) is 6.45. The molecule has 5 nitrogen and oxygen atoms in total. The average molecular weight is 579 g/mol. The van der Waals surface area contributed by atoms with Crippen LogP contribution in [-0.4, -0.2) is 56.0 Å². The molecule has 0 amide bonds. The van der Waals surface area contributed by atoms with E-state index in [1.54, 1.807) is 0 Å². The fraction of sp³-hybridized carbons (Fsp3) is 0.538. The summed E-state index contributed by atoms with van der Waals surface area (Å²) >= 11 is 12.3. The summed E-state index contributed by atoms with van der Waals surface area (Å²) in [6.07, 6.45) is -1.07. The Morgan fingerprint density at radius 3 is 2.38 bits per heavy atom. The molecule has 204 valence electrons. The molecule has 2 aromatic rings. The highest BCUT2D eigenvalue weighted by Gasteiger charge is 2.40. The number of nitrogens with zero attached hydrogens (tertiary/aromatic N) is 2. The van der Waals surface area contributed by atoms with Crippen molar-refractivity contribution < 1.29 is 21.6 Å². The summed E-state index contributed by atoms with van der Waals surface area (Å²) in [7, 11) is -4.02. The monoisotopic (exact) mass is 577 g/mol. The van der Waals surface area contributed by atoms with Gasteiger partial charge in [-0.3, -0.25) is 10.2 Å². The summed E-state index contributed by atoms with van der Waals surface area (Å²) in [5.41, 5.74) is 0.563. The zero-order valence-electron chi connectivity index (χ0n) is 20.9. The van der Waals surface area contributed by atoms with E-state index in [9.17, 15) is 21.6 Å². The maximum atomic E-state index is 14.0. The van der Waals surface area contributed by atoms with Gasteiger partial charge in [0, 0.05) is 24.2 Å². The zero-order chi connectivity index (χ0) is 27.0. The summed E-state index contributed by atoms with van der Waals surface area (Å²) in [5, 5.41) is 3.88. The molecule has 2 saturated heterocycles. The van der Waals surface area contributed by atoms with Crippen LogP contribution in [0.5, 0.6) is 0 Å². The van der Waals surface area contributed by atoms with Crippen molar-refractivity contribution in [3.05, 3.63) is 63.1 Å². The molecule has 4 rings (SSSR count). The van der Waals surface area contributed by atoms with E-state index in [-0.39, 0.29) is 35.0 Å². The molecule has 2 unspecified atom stereocenters. The zero-order valence-corrected chi connectivity index (χ0v) is 23.2. The second-order valence-corrected chi connectivity index (χ2v) is 12.8. The lowest BCUT2D eigenvalue weighted by Gasteiger charge is -2.45. The van der Waals surface area contributed by atoms with Crippen molar-refractivity contribution in [1.29, 1.82) is 0 Å². The SMILES string of the molecule is CC(C)c1cc(C(F)(F)F)ccc1CC1CNC(N2CCCCC2)CN1S(=O)(=O)c1ccc(Cl)cc1Cl. The number of sulfonamides is 1. The van der Waals surface area contributed by atoms with Crippen LogP contribution in [0.2, 0.25) is 10.0 Å². The smallest absolute Gasteiger partial charge is 0.299 e. The highest BCUT2D eigenvalue weighted by molar-refractivity contribution is 7.89. The number of benzene rings is 2. The minimum atomic E-state index is -4.45. The Bertz CT molecular complexity index is 1220. The van der Waals surface area contributed by atoms with Gasteiger partial charge in [-0.15, -0.1) is 0 Å². The van der Waals surface area contributed by atoms with E-state index in [1.807, 2.05) is 13.8 Å². The second-order valence-electron chi connectivity index (χ2n) is 10.1. The molecule has 2 aliphatic heterocycles. The number of likely N-dealkylation sites (tertiary alicyclic amines) is 1. The van der Waals surface area contributed by atoms with Crippen molar-refractivity contribution in [3.63, 3.8) is 0 Å². The molecule has 2 heterocycles. The molecule has 0 radical (unpaired) electrons. The van der Waals surface area contributed by atoms with Crippen LogP contribution >= 0.6 is 23.2 Å². The lowest BCUT2D eigenvalue weighted by molar-refractivity contribution is -0.137. The number of piperidine rings is 1. The highest BCUT2D eigenvalue weighted by atomic mass is 35.5. The molecule has 2 fully saturated rings. The standard InChI is InChI=1S/C26H32Cl2F3N3O2S/c1-17(2)22-13-19(26(29,30)31)7-6-18(22)12-21-15-32-25(33-10-4-3-5-11-33)16-34(21)37(35,36)24-9-8-20(27)14-23(24)28/h6-9,13-14,17,21,25,32H,3-5,10-12,15-16H2,1-2H3. The third-order valence-electron chi connectivity index (χ3n) is 7.21. The first-order chi connectivity index (χ1) is 17.4. The fourth-order valence-electron chi connectivity index (χ4n) is 5.26. The molecule has 2 atom stereocenters. The number of piperazine rings is 1. The first kappa shape index (κ1) is 28.6. The molecule has 0 aliphatic carbocycles. The van der Waals surface area contributed by atoms with Gasteiger partial charge in [0.1, 0.15) is 4.90 Å². The normalized spacial score (nSPS) is 22.5. The second kappa shape index (κ2) is 11.4.